The Morgan fingerprint density at radius 2 is 2.17 bits per heavy atom. The Balaban J connectivity index is 1.60. The molecule has 6 nitrogen and oxygen atoms in total. The summed E-state index contributed by atoms with van der Waals surface area (Å²) in [6.45, 7) is 4.13. The Kier molecular flexibility index (Phi) is 4.91. The fourth-order valence-electron chi connectivity index (χ4n) is 3.30. The predicted molar refractivity (Wildman–Crippen MR) is 92.3 cm³/mol. The SMILES string of the molecule is Cc1nn(C)cc1-c1ccnc(NCC[C@@H]2CCCCN2C)n1. The first-order valence-electron chi connectivity index (χ1n) is 8.41. The number of nitrogens with zero attached hydrogens (tertiary/aromatic N) is 5. The minimum absolute atomic E-state index is 0.681. The number of hydrogen-bond acceptors (Lipinski definition) is 5. The molecule has 0 unspecified atom stereocenters. The van der Waals surface area contributed by atoms with Crippen LogP contribution in [0.25, 0.3) is 11.3 Å². The summed E-state index contributed by atoms with van der Waals surface area (Å²) < 4.78 is 1.82. The monoisotopic (exact) mass is 314 g/mol. The first kappa shape index (κ1) is 15.9. The van der Waals surface area contributed by atoms with Crippen LogP contribution in [0.4, 0.5) is 5.95 Å². The molecule has 6 heteroatoms. The van der Waals surface area contributed by atoms with E-state index in [0.717, 1.165) is 29.9 Å². The van der Waals surface area contributed by atoms with E-state index in [0.29, 0.717) is 12.0 Å². The molecule has 2 aromatic heterocycles. The van der Waals surface area contributed by atoms with E-state index < -0.39 is 0 Å². The van der Waals surface area contributed by atoms with Crippen LogP contribution in [-0.4, -0.2) is 50.8 Å². The molecule has 0 amide bonds. The third-order valence-corrected chi connectivity index (χ3v) is 4.63. The van der Waals surface area contributed by atoms with Gasteiger partial charge in [0.2, 0.25) is 5.95 Å². The van der Waals surface area contributed by atoms with Gasteiger partial charge in [-0.25, -0.2) is 9.97 Å². The van der Waals surface area contributed by atoms with Crippen LogP contribution in [-0.2, 0) is 7.05 Å². The molecule has 1 atom stereocenters. The van der Waals surface area contributed by atoms with Crippen LogP contribution < -0.4 is 5.32 Å². The summed E-state index contributed by atoms with van der Waals surface area (Å²) in [6, 6.07) is 2.62. The molecule has 124 valence electrons. The molecule has 3 rings (SSSR count). The zero-order valence-corrected chi connectivity index (χ0v) is 14.3. The van der Waals surface area contributed by atoms with Gasteiger partial charge in [0.1, 0.15) is 0 Å². The lowest BCUT2D eigenvalue weighted by Crippen LogP contribution is -2.37. The zero-order chi connectivity index (χ0) is 16.2. The van der Waals surface area contributed by atoms with Gasteiger partial charge in [0.15, 0.2) is 0 Å². The number of piperidine rings is 1. The van der Waals surface area contributed by atoms with Crippen LogP contribution in [0.15, 0.2) is 18.5 Å². The third kappa shape index (κ3) is 3.88. The highest BCUT2D eigenvalue weighted by Gasteiger charge is 2.18. The van der Waals surface area contributed by atoms with Crippen molar-refractivity contribution in [2.45, 2.75) is 38.6 Å². The molecule has 23 heavy (non-hydrogen) atoms. The van der Waals surface area contributed by atoms with E-state index in [1.165, 1.54) is 25.8 Å². The molecule has 1 N–H and O–H groups in total. The Labute approximate surface area is 137 Å². The second-order valence-corrected chi connectivity index (χ2v) is 6.41. The van der Waals surface area contributed by atoms with Gasteiger partial charge in [-0.05, 0) is 45.8 Å². The Hall–Kier alpha value is -1.95. The summed E-state index contributed by atoms with van der Waals surface area (Å²) in [5.41, 5.74) is 2.97. The molecule has 2 aromatic rings. The van der Waals surface area contributed by atoms with Gasteiger partial charge in [-0.1, -0.05) is 6.42 Å². The number of aryl methyl sites for hydroxylation is 2. The molecule has 0 bridgehead atoms. The Morgan fingerprint density at radius 3 is 2.91 bits per heavy atom. The smallest absolute Gasteiger partial charge is 0.223 e. The van der Waals surface area contributed by atoms with Crippen molar-refractivity contribution >= 4 is 5.95 Å². The van der Waals surface area contributed by atoms with E-state index >= 15 is 0 Å². The number of anilines is 1. The normalized spacial score (nSPS) is 19.0. The minimum atomic E-state index is 0.681. The van der Waals surface area contributed by atoms with Crippen molar-refractivity contribution in [3.05, 3.63) is 24.2 Å². The average molecular weight is 314 g/mol. The maximum atomic E-state index is 4.63. The van der Waals surface area contributed by atoms with Crippen molar-refractivity contribution in [1.29, 1.82) is 0 Å². The lowest BCUT2D eigenvalue weighted by molar-refractivity contribution is 0.179. The summed E-state index contributed by atoms with van der Waals surface area (Å²) in [5, 5.41) is 7.75. The molecule has 0 saturated carbocycles. The molecule has 0 radical (unpaired) electrons. The first-order chi connectivity index (χ1) is 11.1. The van der Waals surface area contributed by atoms with Crippen molar-refractivity contribution in [2.24, 2.45) is 7.05 Å². The Morgan fingerprint density at radius 1 is 1.30 bits per heavy atom. The molecular formula is C17H26N6. The van der Waals surface area contributed by atoms with Crippen LogP contribution in [0.5, 0.6) is 0 Å². The Bertz CT molecular complexity index is 650. The van der Waals surface area contributed by atoms with Crippen molar-refractivity contribution in [1.82, 2.24) is 24.6 Å². The van der Waals surface area contributed by atoms with Crippen molar-refractivity contribution in [3.8, 4) is 11.3 Å². The van der Waals surface area contributed by atoms with Crippen molar-refractivity contribution < 1.29 is 0 Å². The van der Waals surface area contributed by atoms with Crippen molar-refractivity contribution in [2.75, 3.05) is 25.5 Å². The largest absolute Gasteiger partial charge is 0.354 e. The summed E-state index contributed by atoms with van der Waals surface area (Å²) in [5.74, 6) is 0.698. The molecule has 1 fully saturated rings. The van der Waals surface area contributed by atoms with E-state index in [1.807, 2.05) is 37.1 Å². The minimum Gasteiger partial charge on any atom is -0.354 e. The lowest BCUT2D eigenvalue weighted by atomic mass is 10.0. The first-order valence-corrected chi connectivity index (χ1v) is 8.41. The molecule has 0 spiro atoms. The summed E-state index contributed by atoms with van der Waals surface area (Å²) in [4.78, 5) is 11.4. The summed E-state index contributed by atoms with van der Waals surface area (Å²) in [6.07, 6.45) is 8.92. The molecule has 0 aliphatic carbocycles. The molecule has 3 heterocycles. The number of aromatic nitrogens is 4. The molecule has 1 aliphatic rings. The quantitative estimate of drug-likeness (QED) is 0.919. The van der Waals surface area contributed by atoms with E-state index in [-0.39, 0.29) is 0 Å². The van der Waals surface area contributed by atoms with E-state index in [4.69, 9.17) is 0 Å². The standard InChI is InChI=1S/C17H26N6/c1-13-15(12-23(3)21-13)16-8-10-19-17(20-16)18-9-7-14-6-4-5-11-22(14)2/h8,10,12,14H,4-7,9,11H2,1-3H3,(H,18,19,20)/t14-/m0/s1. The number of rotatable bonds is 5. The molecule has 1 saturated heterocycles. The maximum absolute atomic E-state index is 4.63. The van der Waals surface area contributed by atoms with Gasteiger partial charge in [-0.3, -0.25) is 4.68 Å². The summed E-state index contributed by atoms with van der Waals surface area (Å²) >= 11 is 0. The van der Waals surface area contributed by atoms with Gasteiger partial charge in [0.25, 0.3) is 0 Å². The maximum Gasteiger partial charge on any atom is 0.223 e. The summed E-state index contributed by atoms with van der Waals surface area (Å²) in [7, 11) is 4.16. The van der Waals surface area contributed by atoms with Crippen LogP contribution in [0.3, 0.4) is 0 Å². The molecule has 1 aliphatic heterocycles. The predicted octanol–water partition coefficient (Wildman–Crippen LogP) is 2.47. The van der Waals surface area contributed by atoms with E-state index in [1.54, 1.807) is 0 Å². The van der Waals surface area contributed by atoms with Gasteiger partial charge in [-0.2, -0.15) is 5.10 Å². The van der Waals surface area contributed by atoms with E-state index in [2.05, 4.69) is 32.3 Å². The van der Waals surface area contributed by atoms with Crippen LogP contribution >= 0.6 is 0 Å². The number of nitrogens with one attached hydrogen (secondary N) is 1. The highest BCUT2D eigenvalue weighted by molar-refractivity contribution is 5.61. The van der Waals surface area contributed by atoms with Crippen molar-refractivity contribution in [3.63, 3.8) is 0 Å². The fourth-order valence-corrected chi connectivity index (χ4v) is 3.30. The van der Waals surface area contributed by atoms with Gasteiger partial charge in [-0.15, -0.1) is 0 Å². The van der Waals surface area contributed by atoms with Gasteiger partial charge < -0.3 is 10.2 Å². The number of likely N-dealkylation sites (tertiary alicyclic amines) is 1. The average Bonchev–Trinajstić information content (AvgIpc) is 2.88. The number of hydrogen-bond donors (Lipinski definition) is 1. The van der Waals surface area contributed by atoms with Crippen LogP contribution in [0.2, 0.25) is 0 Å². The van der Waals surface area contributed by atoms with Crippen LogP contribution in [0.1, 0.15) is 31.4 Å². The third-order valence-electron chi connectivity index (χ3n) is 4.63. The second-order valence-electron chi connectivity index (χ2n) is 6.41. The molecular weight excluding hydrogens is 288 g/mol. The van der Waals surface area contributed by atoms with Gasteiger partial charge in [0, 0.05) is 37.6 Å². The topological polar surface area (TPSA) is 58.9 Å². The van der Waals surface area contributed by atoms with Gasteiger partial charge in [0.05, 0.1) is 11.4 Å². The van der Waals surface area contributed by atoms with Gasteiger partial charge >= 0.3 is 0 Å². The highest BCUT2D eigenvalue weighted by atomic mass is 15.3. The second kappa shape index (κ2) is 7.08. The zero-order valence-electron chi connectivity index (χ0n) is 14.3. The van der Waals surface area contributed by atoms with E-state index in [9.17, 15) is 0 Å². The molecule has 0 aromatic carbocycles. The highest BCUT2D eigenvalue weighted by Crippen LogP contribution is 2.21. The lowest BCUT2D eigenvalue weighted by Gasteiger charge is -2.32. The fraction of sp³-hybridized carbons (Fsp3) is 0.588. The van der Waals surface area contributed by atoms with Crippen LogP contribution in [0, 0.1) is 6.92 Å².